The Labute approximate surface area is 153 Å². The van der Waals surface area contributed by atoms with E-state index in [1.54, 1.807) is 25.1 Å². The monoisotopic (exact) mass is 379 g/mol. The van der Waals surface area contributed by atoms with Crippen LogP contribution in [0.2, 0.25) is 0 Å². The quantitative estimate of drug-likeness (QED) is 0.744. The molecule has 2 aromatic heterocycles. The standard InChI is InChI=1S/C14H21N5OS.2ClH/c1-10(2)8-19-13(7-15)17-18-14(19)21-9-11-6-12(20-3)4-5-16-11;;/h4-6,10H,7-9,15H2,1-3H3;2*1H. The van der Waals surface area contributed by atoms with E-state index in [0.717, 1.165) is 34.7 Å². The Hall–Kier alpha value is -1.02. The number of nitrogens with two attached hydrogens (primary N) is 1. The molecule has 6 nitrogen and oxygen atoms in total. The molecule has 130 valence electrons. The second kappa shape index (κ2) is 10.7. The molecule has 2 aromatic rings. The molecule has 2 N–H and O–H groups in total. The van der Waals surface area contributed by atoms with E-state index in [1.165, 1.54) is 0 Å². The highest BCUT2D eigenvalue weighted by Gasteiger charge is 2.13. The Morgan fingerprint density at radius 1 is 1.30 bits per heavy atom. The zero-order valence-electron chi connectivity index (χ0n) is 13.4. The highest BCUT2D eigenvalue weighted by Crippen LogP contribution is 2.23. The molecule has 0 aromatic carbocycles. The van der Waals surface area contributed by atoms with Crippen LogP contribution in [-0.4, -0.2) is 26.9 Å². The number of rotatable bonds is 7. The van der Waals surface area contributed by atoms with Crippen LogP contribution in [0.5, 0.6) is 5.75 Å². The van der Waals surface area contributed by atoms with E-state index in [9.17, 15) is 0 Å². The van der Waals surface area contributed by atoms with Gasteiger partial charge in [0.25, 0.3) is 0 Å². The number of thioether (sulfide) groups is 1. The van der Waals surface area contributed by atoms with Gasteiger partial charge in [-0.1, -0.05) is 25.6 Å². The van der Waals surface area contributed by atoms with E-state index < -0.39 is 0 Å². The van der Waals surface area contributed by atoms with Crippen molar-refractivity contribution in [2.45, 2.75) is 37.8 Å². The van der Waals surface area contributed by atoms with Crippen LogP contribution in [-0.2, 0) is 18.8 Å². The molecule has 0 aliphatic carbocycles. The van der Waals surface area contributed by atoms with Gasteiger partial charge in [0.05, 0.1) is 19.3 Å². The van der Waals surface area contributed by atoms with E-state index in [0.29, 0.717) is 12.5 Å². The third-order valence-electron chi connectivity index (χ3n) is 2.90. The zero-order chi connectivity index (χ0) is 15.2. The van der Waals surface area contributed by atoms with Gasteiger partial charge in [0, 0.05) is 24.6 Å². The summed E-state index contributed by atoms with van der Waals surface area (Å²) in [5.74, 6) is 2.87. The van der Waals surface area contributed by atoms with Crippen molar-refractivity contribution >= 4 is 36.6 Å². The van der Waals surface area contributed by atoms with Gasteiger partial charge in [-0.05, 0) is 12.0 Å². The highest BCUT2D eigenvalue weighted by atomic mass is 35.5. The van der Waals surface area contributed by atoms with Crippen molar-refractivity contribution in [3.8, 4) is 5.75 Å². The molecule has 0 bridgehead atoms. The molecular weight excluding hydrogens is 357 g/mol. The number of ether oxygens (including phenoxy) is 1. The summed E-state index contributed by atoms with van der Waals surface area (Å²) < 4.78 is 7.30. The first kappa shape index (κ1) is 22.0. The fourth-order valence-electron chi connectivity index (χ4n) is 1.93. The summed E-state index contributed by atoms with van der Waals surface area (Å²) in [5, 5.41) is 9.27. The van der Waals surface area contributed by atoms with Crippen LogP contribution in [0.3, 0.4) is 0 Å². The molecule has 0 fully saturated rings. The van der Waals surface area contributed by atoms with Gasteiger partial charge in [-0.3, -0.25) is 4.98 Å². The van der Waals surface area contributed by atoms with Crippen LogP contribution in [0.15, 0.2) is 23.5 Å². The first-order valence-electron chi connectivity index (χ1n) is 6.88. The molecule has 2 heterocycles. The predicted octanol–water partition coefficient (Wildman–Crippen LogP) is 2.93. The number of nitrogens with zero attached hydrogens (tertiary/aromatic N) is 4. The summed E-state index contributed by atoms with van der Waals surface area (Å²) in [5.41, 5.74) is 6.67. The molecule has 0 atom stereocenters. The molecule has 0 saturated carbocycles. The largest absolute Gasteiger partial charge is 0.497 e. The average Bonchev–Trinajstić information content (AvgIpc) is 2.86. The Kier molecular flexibility index (Phi) is 10.2. The van der Waals surface area contributed by atoms with E-state index >= 15 is 0 Å². The molecule has 0 radical (unpaired) electrons. The maximum Gasteiger partial charge on any atom is 0.191 e. The minimum absolute atomic E-state index is 0. The molecular formula is C14H23Cl2N5OS. The number of aromatic nitrogens is 4. The third-order valence-corrected chi connectivity index (χ3v) is 3.90. The molecule has 23 heavy (non-hydrogen) atoms. The van der Waals surface area contributed by atoms with E-state index in [-0.39, 0.29) is 24.8 Å². The number of methoxy groups -OCH3 is 1. The number of hydrogen-bond donors (Lipinski definition) is 1. The molecule has 0 saturated heterocycles. The van der Waals surface area contributed by atoms with Crippen molar-refractivity contribution in [3.05, 3.63) is 29.8 Å². The molecule has 0 aliphatic rings. The van der Waals surface area contributed by atoms with Crippen LogP contribution in [0, 0.1) is 5.92 Å². The lowest BCUT2D eigenvalue weighted by Crippen LogP contribution is -2.12. The summed E-state index contributed by atoms with van der Waals surface area (Å²) in [7, 11) is 1.65. The van der Waals surface area contributed by atoms with Crippen molar-refractivity contribution in [1.82, 2.24) is 19.7 Å². The first-order chi connectivity index (χ1) is 10.1. The Morgan fingerprint density at radius 3 is 2.65 bits per heavy atom. The van der Waals surface area contributed by atoms with Gasteiger partial charge >= 0.3 is 0 Å². The van der Waals surface area contributed by atoms with Gasteiger partial charge in [0.15, 0.2) is 5.16 Å². The Morgan fingerprint density at radius 2 is 2.04 bits per heavy atom. The number of pyridine rings is 1. The van der Waals surface area contributed by atoms with Gasteiger partial charge in [0.1, 0.15) is 11.6 Å². The van der Waals surface area contributed by atoms with E-state index in [4.69, 9.17) is 10.5 Å². The smallest absolute Gasteiger partial charge is 0.191 e. The molecule has 0 spiro atoms. The minimum atomic E-state index is 0. The predicted molar refractivity (Wildman–Crippen MR) is 97.6 cm³/mol. The topological polar surface area (TPSA) is 78.8 Å². The van der Waals surface area contributed by atoms with Crippen LogP contribution in [0.4, 0.5) is 0 Å². The third kappa shape index (κ3) is 6.18. The molecule has 0 aliphatic heterocycles. The SMILES string of the molecule is COc1ccnc(CSc2nnc(CN)n2CC(C)C)c1.Cl.Cl. The second-order valence-electron chi connectivity index (χ2n) is 5.08. The van der Waals surface area contributed by atoms with Crippen molar-refractivity contribution in [2.24, 2.45) is 11.7 Å². The lowest BCUT2D eigenvalue weighted by molar-refractivity contribution is 0.413. The molecule has 2 rings (SSSR count). The maximum atomic E-state index is 5.72. The van der Waals surface area contributed by atoms with E-state index in [2.05, 4.69) is 33.6 Å². The van der Waals surface area contributed by atoms with Gasteiger partial charge in [0.2, 0.25) is 0 Å². The van der Waals surface area contributed by atoms with Crippen LogP contribution in [0.1, 0.15) is 25.4 Å². The van der Waals surface area contributed by atoms with E-state index in [1.807, 2.05) is 12.1 Å². The van der Waals surface area contributed by atoms with Crippen LogP contribution >= 0.6 is 36.6 Å². The van der Waals surface area contributed by atoms with Gasteiger partial charge in [-0.15, -0.1) is 35.0 Å². The second-order valence-corrected chi connectivity index (χ2v) is 6.03. The fourth-order valence-corrected chi connectivity index (χ4v) is 2.79. The summed E-state index contributed by atoms with van der Waals surface area (Å²) in [4.78, 5) is 4.34. The highest BCUT2D eigenvalue weighted by molar-refractivity contribution is 7.98. The first-order valence-corrected chi connectivity index (χ1v) is 7.86. The summed E-state index contributed by atoms with van der Waals surface area (Å²) in [6.07, 6.45) is 1.75. The fraction of sp³-hybridized carbons (Fsp3) is 0.500. The zero-order valence-corrected chi connectivity index (χ0v) is 15.9. The Balaban J connectivity index is 0.00000242. The van der Waals surface area contributed by atoms with Crippen LogP contribution < -0.4 is 10.5 Å². The molecule has 0 amide bonds. The lowest BCUT2D eigenvalue weighted by atomic mass is 10.2. The number of halogens is 2. The van der Waals surface area contributed by atoms with Gasteiger partial charge in [-0.25, -0.2) is 0 Å². The average molecular weight is 380 g/mol. The van der Waals surface area contributed by atoms with Crippen molar-refractivity contribution in [3.63, 3.8) is 0 Å². The Bertz CT molecular complexity index is 594. The van der Waals surface area contributed by atoms with Gasteiger partial charge < -0.3 is 15.0 Å². The summed E-state index contributed by atoms with van der Waals surface area (Å²) >= 11 is 1.61. The molecule has 9 heteroatoms. The minimum Gasteiger partial charge on any atom is -0.497 e. The van der Waals surface area contributed by atoms with Crippen molar-refractivity contribution < 1.29 is 4.74 Å². The van der Waals surface area contributed by atoms with Crippen molar-refractivity contribution in [2.75, 3.05) is 7.11 Å². The normalized spacial score (nSPS) is 10.1. The molecule has 0 unspecified atom stereocenters. The summed E-state index contributed by atoms with van der Waals surface area (Å²) in [6.45, 7) is 5.60. The maximum absolute atomic E-state index is 5.72. The van der Waals surface area contributed by atoms with Gasteiger partial charge in [-0.2, -0.15) is 0 Å². The van der Waals surface area contributed by atoms with Crippen LogP contribution in [0.25, 0.3) is 0 Å². The lowest BCUT2D eigenvalue weighted by Gasteiger charge is -2.11. The van der Waals surface area contributed by atoms with Crippen molar-refractivity contribution in [1.29, 1.82) is 0 Å². The summed E-state index contributed by atoms with van der Waals surface area (Å²) in [6, 6.07) is 3.77. The number of hydrogen-bond acceptors (Lipinski definition) is 6.